The van der Waals surface area contributed by atoms with Crippen molar-refractivity contribution in [3.63, 3.8) is 0 Å². The third-order valence-corrected chi connectivity index (χ3v) is 3.06. The molecule has 0 aliphatic rings. The molecule has 1 heterocycles. The van der Waals surface area contributed by atoms with Gasteiger partial charge in [-0.2, -0.15) is 0 Å². The lowest BCUT2D eigenvalue weighted by molar-refractivity contribution is 0.266. The summed E-state index contributed by atoms with van der Waals surface area (Å²) in [5.41, 5.74) is 1.23. The van der Waals surface area contributed by atoms with Crippen LogP contribution in [-0.4, -0.2) is 19.9 Å². The Balaban J connectivity index is 2.39. The van der Waals surface area contributed by atoms with Gasteiger partial charge in [0.05, 0.1) is 0 Å². The minimum absolute atomic E-state index is 0.0747. The average Bonchev–Trinajstić information content (AvgIpc) is 2.73. The van der Waals surface area contributed by atoms with Crippen molar-refractivity contribution in [2.24, 2.45) is 7.05 Å². The fourth-order valence-corrected chi connectivity index (χ4v) is 2.07. The quantitative estimate of drug-likeness (QED) is 0.873. The zero-order valence-corrected chi connectivity index (χ0v) is 10.2. The van der Waals surface area contributed by atoms with Crippen LogP contribution in [0.2, 0.25) is 0 Å². The number of rotatable bonds is 4. The van der Waals surface area contributed by atoms with Gasteiger partial charge in [0.2, 0.25) is 0 Å². The Morgan fingerprint density at radius 3 is 2.47 bits per heavy atom. The molecule has 1 unspecified atom stereocenters. The van der Waals surface area contributed by atoms with Crippen LogP contribution in [0.3, 0.4) is 0 Å². The molecule has 4 nitrogen and oxygen atoms in total. The highest BCUT2D eigenvalue weighted by Gasteiger charge is 2.18. The lowest BCUT2D eigenvalue weighted by Gasteiger charge is -2.14. The topological polar surface area (TPSA) is 50.9 Å². The average molecular weight is 231 g/mol. The summed E-state index contributed by atoms with van der Waals surface area (Å²) >= 11 is 0. The molecule has 90 valence electrons. The van der Waals surface area contributed by atoms with Crippen molar-refractivity contribution in [3.8, 4) is 0 Å². The van der Waals surface area contributed by atoms with E-state index in [1.165, 1.54) is 5.56 Å². The van der Waals surface area contributed by atoms with Gasteiger partial charge in [0.1, 0.15) is 12.4 Å². The third-order valence-electron chi connectivity index (χ3n) is 3.06. The van der Waals surface area contributed by atoms with Crippen molar-refractivity contribution in [1.29, 1.82) is 0 Å². The van der Waals surface area contributed by atoms with E-state index in [0.29, 0.717) is 5.82 Å². The molecule has 0 fully saturated rings. The molecule has 17 heavy (non-hydrogen) atoms. The molecular formula is C13H17N3O. The van der Waals surface area contributed by atoms with Crippen LogP contribution >= 0.6 is 0 Å². The van der Waals surface area contributed by atoms with Crippen LogP contribution in [-0.2, 0) is 13.7 Å². The van der Waals surface area contributed by atoms with Crippen molar-refractivity contribution in [1.82, 2.24) is 14.8 Å². The predicted molar refractivity (Wildman–Crippen MR) is 65.5 cm³/mol. The molecule has 0 aliphatic carbocycles. The van der Waals surface area contributed by atoms with Gasteiger partial charge in [0.25, 0.3) is 0 Å². The maximum Gasteiger partial charge on any atom is 0.158 e. The highest BCUT2D eigenvalue weighted by Crippen LogP contribution is 2.26. The van der Waals surface area contributed by atoms with E-state index in [9.17, 15) is 0 Å². The summed E-state index contributed by atoms with van der Waals surface area (Å²) < 4.78 is 1.88. The smallest absolute Gasteiger partial charge is 0.158 e. The van der Waals surface area contributed by atoms with E-state index in [1.807, 2.05) is 29.8 Å². The van der Waals surface area contributed by atoms with Gasteiger partial charge >= 0.3 is 0 Å². The van der Waals surface area contributed by atoms with E-state index in [4.69, 9.17) is 5.11 Å². The molecular weight excluding hydrogens is 214 g/mol. The van der Waals surface area contributed by atoms with E-state index < -0.39 is 0 Å². The van der Waals surface area contributed by atoms with E-state index in [1.54, 1.807) is 0 Å². The first-order valence-electron chi connectivity index (χ1n) is 5.81. The van der Waals surface area contributed by atoms with Crippen LogP contribution in [0.25, 0.3) is 0 Å². The number of nitrogens with zero attached hydrogens (tertiary/aromatic N) is 3. The second kappa shape index (κ2) is 5.10. The zero-order valence-electron chi connectivity index (χ0n) is 10.2. The summed E-state index contributed by atoms with van der Waals surface area (Å²) in [5, 5.41) is 17.3. The van der Waals surface area contributed by atoms with Gasteiger partial charge in [0, 0.05) is 13.0 Å². The predicted octanol–water partition coefficient (Wildman–Crippen LogP) is 1.85. The molecule has 0 bridgehead atoms. The fourth-order valence-electron chi connectivity index (χ4n) is 2.07. The lowest BCUT2D eigenvalue weighted by atomic mass is 9.96. The Bertz CT molecular complexity index is 479. The number of hydrogen-bond donors (Lipinski definition) is 1. The second-order valence-electron chi connectivity index (χ2n) is 4.06. The first-order valence-corrected chi connectivity index (χ1v) is 5.81. The lowest BCUT2D eigenvalue weighted by Crippen LogP contribution is -2.09. The highest BCUT2D eigenvalue weighted by molar-refractivity contribution is 5.25. The molecule has 1 atom stereocenters. The van der Waals surface area contributed by atoms with E-state index in [0.717, 1.165) is 12.2 Å². The second-order valence-corrected chi connectivity index (χ2v) is 4.06. The standard InChI is InChI=1S/C13H17N3O/c1-3-11(10-7-5-4-6-8-10)13-15-14-12(9-17)16(13)2/h4-8,11,17H,3,9H2,1-2H3. The molecule has 2 aromatic rings. The Hall–Kier alpha value is -1.68. The Morgan fingerprint density at radius 1 is 1.24 bits per heavy atom. The monoisotopic (exact) mass is 231 g/mol. The van der Waals surface area contributed by atoms with Crippen LogP contribution in [0.1, 0.15) is 36.5 Å². The van der Waals surface area contributed by atoms with Crippen molar-refractivity contribution in [2.45, 2.75) is 25.9 Å². The summed E-state index contributed by atoms with van der Waals surface area (Å²) in [6, 6.07) is 10.3. The normalized spacial score (nSPS) is 12.6. The Morgan fingerprint density at radius 2 is 1.94 bits per heavy atom. The SMILES string of the molecule is CCC(c1ccccc1)c1nnc(CO)n1C. The van der Waals surface area contributed by atoms with Crippen LogP contribution in [0.5, 0.6) is 0 Å². The summed E-state index contributed by atoms with van der Waals surface area (Å²) in [6.07, 6.45) is 0.960. The van der Waals surface area contributed by atoms with Gasteiger partial charge in [-0.3, -0.25) is 0 Å². The molecule has 0 saturated heterocycles. The maximum atomic E-state index is 9.13. The van der Waals surface area contributed by atoms with E-state index in [-0.39, 0.29) is 12.5 Å². The molecule has 0 radical (unpaired) electrons. The van der Waals surface area contributed by atoms with Gasteiger partial charge < -0.3 is 9.67 Å². The van der Waals surface area contributed by atoms with Gasteiger partial charge in [-0.15, -0.1) is 10.2 Å². The zero-order chi connectivity index (χ0) is 12.3. The van der Waals surface area contributed by atoms with Gasteiger partial charge in [-0.1, -0.05) is 37.3 Å². The number of aliphatic hydroxyl groups is 1. The summed E-state index contributed by atoms with van der Waals surface area (Å²) in [5.74, 6) is 1.74. The van der Waals surface area contributed by atoms with Crippen molar-refractivity contribution < 1.29 is 5.11 Å². The largest absolute Gasteiger partial charge is 0.388 e. The highest BCUT2D eigenvalue weighted by atomic mass is 16.3. The number of benzene rings is 1. The fraction of sp³-hybridized carbons (Fsp3) is 0.385. The van der Waals surface area contributed by atoms with Gasteiger partial charge in [0.15, 0.2) is 5.82 Å². The molecule has 0 spiro atoms. The summed E-state index contributed by atoms with van der Waals surface area (Å²) in [4.78, 5) is 0. The molecule has 1 N–H and O–H groups in total. The number of hydrogen-bond acceptors (Lipinski definition) is 3. The van der Waals surface area contributed by atoms with E-state index >= 15 is 0 Å². The molecule has 4 heteroatoms. The minimum atomic E-state index is -0.0747. The molecule has 0 saturated carbocycles. The van der Waals surface area contributed by atoms with Crippen LogP contribution in [0.4, 0.5) is 0 Å². The number of aromatic nitrogens is 3. The Labute approximate surface area is 101 Å². The first kappa shape index (κ1) is 11.8. The summed E-state index contributed by atoms with van der Waals surface area (Å²) in [7, 11) is 1.90. The van der Waals surface area contributed by atoms with Gasteiger partial charge in [-0.05, 0) is 12.0 Å². The van der Waals surface area contributed by atoms with Crippen molar-refractivity contribution >= 4 is 0 Å². The molecule has 0 aliphatic heterocycles. The van der Waals surface area contributed by atoms with Gasteiger partial charge in [-0.25, -0.2) is 0 Å². The van der Waals surface area contributed by atoms with Crippen molar-refractivity contribution in [3.05, 3.63) is 47.5 Å². The first-order chi connectivity index (χ1) is 8.27. The van der Waals surface area contributed by atoms with Crippen LogP contribution < -0.4 is 0 Å². The number of aliphatic hydroxyl groups excluding tert-OH is 1. The molecule has 1 aromatic carbocycles. The minimum Gasteiger partial charge on any atom is -0.388 e. The maximum absolute atomic E-state index is 9.13. The third kappa shape index (κ3) is 2.22. The Kier molecular flexibility index (Phi) is 3.54. The van der Waals surface area contributed by atoms with E-state index in [2.05, 4.69) is 29.3 Å². The molecule has 0 amide bonds. The molecule has 2 rings (SSSR count). The summed E-state index contributed by atoms with van der Waals surface area (Å²) in [6.45, 7) is 2.06. The van der Waals surface area contributed by atoms with Crippen LogP contribution in [0.15, 0.2) is 30.3 Å². The van der Waals surface area contributed by atoms with Crippen LogP contribution in [0, 0.1) is 0 Å². The molecule has 1 aromatic heterocycles. The van der Waals surface area contributed by atoms with Crippen molar-refractivity contribution in [2.75, 3.05) is 0 Å².